The summed E-state index contributed by atoms with van der Waals surface area (Å²) in [5.41, 5.74) is 2.05. The third-order valence-corrected chi connectivity index (χ3v) is 3.54. The molecule has 0 spiro atoms. The summed E-state index contributed by atoms with van der Waals surface area (Å²) in [7, 11) is 0. The molecule has 1 aromatic carbocycles. The molecular weight excluding hydrogens is 234 g/mol. The van der Waals surface area contributed by atoms with Crippen LogP contribution in [-0.2, 0) is 6.61 Å². The predicted octanol–water partition coefficient (Wildman–Crippen LogP) is 3.46. The zero-order valence-electron chi connectivity index (χ0n) is 10.5. The zero-order chi connectivity index (χ0) is 12.4. The Morgan fingerprint density at radius 2 is 2.12 bits per heavy atom. The van der Waals surface area contributed by atoms with Gasteiger partial charge in [-0.2, -0.15) is 0 Å². The van der Waals surface area contributed by atoms with Gasteiger partial charge in [-0.25, -0.2) is 0 Å². The molecule has 0 saturated heterocycles. The van der Waals surface area contributed by atoms with Gasteiger partial charge in [-0.05, 0) is 44.7 Å². The van der Waals surface area contributed by atoms with Crippen molar-refractivity contribution in [2.24, 2.45) is 5.92 Å². The van der Waals surface area contributed by atoms with Gasteiger partial charge in [0.15, 0.2) is 0 Å². The third-order valence-electron chi connectivity index (χ3n) is 3.30. The molecule has 1 fully saturated rings. The Bertz CT molecular complexity index is 388. The molecule has 1 saturated carbocycles. The summed E-state index contributed by atoms with van der Waals surface area (Å²) in [4.78, 5) is 2.36. The first-order valence-electron chi connectivity index (χ1n) is 6.27. The van der Waals surface area contributed by atoms with Crippen LogP contribution in [0.5, 0.6) is 0 Å². The zero-order valence-corrected chi connectivity index (χ0v) is 11.2. The second kappa shape index (κ2) is 5.28. The lowest BCUT2D eigenvalue weighted by Crippen LogP contribution is -2.33. The van der Waals surface area contributed by atoms with Crippen LogP contribution in [0, 0.1) is 5.92 Å². The molecule has 0 amide bonds. The maximum atomic E-state index is 9.42. The van der Waals surface area contributed by atoms with Crippen molar-refractivity contribution in [1.82, 2.24) is 0 Å². The quantitative estimate of drug-likeness (QED) is 0.869. The van der Waals surface area contributed by atoms with Crippen molar-refractivity contribution >= 4 is 17.3 Å². The summed E-state index contributed by atoms with van der Waals surface area (Å²) in [5.74, 6) is 0.822. The highest BCUT2D eigenvalue weighted by Gasteiger charge is 2.26. The van der Waals surface area contributed by atoms with E-state index in [0.717, 1.165) is 28.7 Å². The van der Waals surface area contributed by atoms with E-state index in [1.807, 2.05) is 18.2 Å². The van der Waals surface area contributed by atoms with E-state index in [2.05, 4.69) is 18.7 Å². The van der Waals surface area contributed by atoms with Crippen LogP contribution in [0.2, 0.25) is 5.02 Å². The smallest absolute Gasteiger partial charge is 0.0702 e. The highest BCUT2D eigenvalue weighted by molar-refractivity contribution is 6.30. The van der Waals surface area contributed by atoms with E-state index in [1.54, 1.807) is 0 Å². The van der Waals surface area contributed by atoms with E-state index in [0.29, 0.717) is 6.04 Å². The van der Waals surface area contributed by atoms with Crippen molar-refractivity contribution in [2.45, 2.75) is 39.3 Å². The third kappa shape index (κ3) is 3.14. The lowest BCUT2D eigenvalue weighted by molar-refractivity contribution is 0.282. The van der Waals surface area contributed by atoms with E-state index >= 15 is 0 Å². The number of hydrogen-bond acceptors (Lipinski definition) is 2. The number of rotatable bonds is 5. The fourth-order valence-corrected chi connectivity index (χ4v) is 2.27. The highest BCUT2D eigenvalue weighted by Crippen LogP contribution is 2.34. The number of aliphatic hydroxyl groups is 1. The Morgan fingerprint density at radius 3 is 2.65 bits per heavy atom. The molecule has 0 radical (unpaired) electrons. The van der Waals surface area contributed by atoms with Gasteiger partial charge in [0.05, 0.1) is 6.61 Å². The van der Waals surface area contributed by atoms with Crippen LogP contribution in [0.25, 0.3) is 0 Å². The Hall–Kier alpha value is -0.730. The van der Waals surface area contributed by atoms with Crippen LogP contribution in [-0.4, -0.2) is 17.7 Å². The van der Waals surface area contributed by atoms with Crippen LogP contribution in [0.15, 0.2) is 18.2 Å². The fraction of sp³-hybridized carbons (Fsp3) is 0.571. The first-order chi connectivity index (χ1) is 8.11. The maximum Gasteiger partial charge on any atom is 0.0702 e. The van der Waals surface area contributed by atoms with Gasteiger partial charge in [-0.3, -0.25) is 0 Å². The molecular formula is C14H20ClNO. The number of aliphatic hydroxyl groups excluding tert-OH is 1. The Kier molecular flexibility index (Phi) is 3.95. The molecule has 2 nitrogen and oxygen atoms in total. The molecule has 0 atom stereocenters. The first kappa shape index (κ1) is 12.7. The molecule has 17 heavy (non-hydrogen) atoms. The standard InChI is InChI=1S/C14H20ClNO/c1-10(2)16(8-11-3-4-11)14-7-13(15)6-5-12(14)9-17/h5-7,10-11,17H,3-4,8-9H2,1-2H3. The van der Waals surface area contributed by atoms with Crippen LogP contribution >= 0.6 is 11.6 Å². The van der Waals surface area contributed by atoms with Crippen LogP contribution in [0.3, 0.4) is 0 Å². The molecule has 0 aliphatic heterocycles. The van der Waals surface area contributed by atoms with Gasteiger partial charge in [0.1, 0.15) is 0 Å². The Morgan fingerprint density at radius 1 is 1.41 bits per heavy atom. The minimum Gasteiger partial charge on any atom is -0.392 e. The summed E-state index contributed by atoms with van der Waals surface area (Å²) in [6.07, 6.45) is 2.66. The number of benzene rings is 1. The highest BCUT2D eigenvalue weighted by atomic mass is 35.5. The van der Waals surface area contributed by atoms with Crippen LogP contribution in [0.4, 0.5) is 5.69 Å². The largest absolute Gasteiger partial charge is 0.392 e. The SMILES string of the molecule is CC(C)N(CC1CC1)c1cc(Cl)ccc1CO. The van der Waals surface area contributed by atoms with Crippen molar-refractivity contribution in [1.29, 1.82) is 0 Å². The van der Waals surface area contributed by atoms with Gasteiger partial charge in [0, 0.05) is 28.9 Å². The lowest BCUT2D eigenvalue weighted by atomic mass is 10.1. The van der Waals surface area contributed by atoms with Gasteiger partial charge in [0.25, 0.3) is 0 Å². The van der Waals surface area contributed by atoms with Crippen molar-refractivity contribution in [2.75, 3.05) is 11.4 Å². The summed E-state index contributed by atoms with van der Waals surface area (Å²) >= 11 is 6.07. The number of halogens is 1. The van der Waals surface area contributed by atoms with Crippen LogP contribution in [0.1, 0.15) is 32.3 Å². The van der Waals surface area contributed by atoms with E-state index < -0.39 is 0 Å². The van der Waals surface area contributed by atoms with Gasteiger partial charge < -0.3 is 10.0 Å². The summed E-state index contributed by atoms with van der Waals surface area (Å²) in [6, 6.07) is 6.15. The van der Waals surface area contributed by atoms with Crippen LogP contribution < -0.4 is 4.90 Å². The molecule has 1 aliphatic carbocycles. The van der Waals surface area contributed by atoms with E-state index in [9.17, 15) is 5.11 Å². The van der Waals surface area contributed by atoms with Crippen molar-refractivity contribution in [3.63, 3.8) is 0 Å². The molecule has 1 aromatic rings. The number of nitrogens with zero attached hydrogens (tertiary/aromatic N) is 1. The summed E-state index contributed by atoms with van der Waals surface area (Å²) in [5, 5.41) is 10.2. The van der Waals surface area contributed by atoms with Crippen molar-refractivity contribution in [3.05, 3.63) is 28.8 Å². The van der Waals surface area contributed by atoms with E-state index in [4.69, 9.17) is 11.6 Å². The minimum absolute atomic E-state index is 0.0698. The van der Waals surface area contributed by atoms with Gasteiger partial charge in [-0.15, -0.1) is 0 Å². The van der Waals surface area contributed by atoms with Crippen molar-refractivity contribution < 1.29 is 5.11 Å². The summed E-state index contributed by atoms with van der Waals surface area (Å²) < 4.78 is 0. The topological polar surface area (TPSA) is 23.5 Å². The molecule has 0 bridgehead atoms. The van der Waals surface area contributed by atoms with Gasteiger partial charge in [-0.1, -0.05) is 17.7 Å². The Balaban J connectivity index is 2.29. The predicted molar refractivity (Wildman–Crippen MR) is 72.6 cm³/mol. The molecule has 0 heterocycles. The second-order valence-corrected chi connectivity index (χ2v) is 5.56. The molecule has 1 N–H and O–H groups in total. The average Bonchev–Trinajstić information content (AvgIpc) is 3.09. The maximum absolute atomic E-state index is 9.42. The molecule has 1 aliphatic rings. The Labute approximate surface area is 108 Å². The first-order valence-corrected chi connectivity index (χ1v) is 6.65. The second-order valence-electron chi connectivity index (χ2n) is 5.12. The normalized spacial score (nSPS) is 15.4. The van der Waals surface area contributed by atoms with Crippen molar-refractivity contribution in [3.8, 4) is 0 Å². The fourth-order valence-electron chi connectivity index (χ4n) is 2.10. The molecule has 94 valence electrons. The molecule has 0 aromatic heterocycles. The van der Waals surface area contributed by atoms with E-state index in [-0.39, 0.29) is 6.61 Å². The number of anilines is 1. The summed E-state index contributed by atoms with van der Waals surface area (Å²) in [6.45, 7) is 5.51. The monoisotopic (exact) mass is 253 g/mol. The number of hydrogen-bond donors (Lipinski definition) is 1. The molecule has 3 heteroatoms. The minimum atomic E-state index is 0.0698. The molecule has 2 rings (SSSR count). The van der Waals surface area contributed by atoms with Gasteiger partial charge in [0.2, 0.25) is 0 Å². The lowest BCUT2D eigenvalue weighted by Gasteiger charge is -2.31. The average molecular weight is 254 g/mol. The van der Waals surface area contributed by atoms with E-state index in [1.165, 1.54) is 12.8 Å². The molecule has 0 unspecified atom stereocenters. The van der Waals surface area contributed by atoms with Gasteiger partial charge >= 0.3 is 0 Å².